The number of rotatable bonds is 8. The third kappa shape index (κ3) is 6.23. The van der Waals surface area contributed by atoms with Gasteiger partial charge in [-0.2, -0.15) is 0 Å². The topological polar surface area (TPSA) is 3.24 Å². The molecule has 13 rings (SSSR count). The highest BCUT2D eigenvalue weighted by atomic mass is 15.1. The summed E-state index contributed by atoms with van der Waals surface area (Å²) in [5, 5.41) is 2.51. The van der Waals surface area contributed by atoms with Gasteiger partial charge in [0, 0.05) is 23.0 Å². The molecule has 0 heterocycles. The van der Waals surface area contributed by atoms with E-state index in [4.69, 9.17) is 0 Å². The normalized spacial score (nSPS) is 14.6. The van der Waals surface area contributed by atoms with Crippen LogP contribution in [0.3, 0.4) is 0 Å². The molecule has 2 aliphatic rings. The minimum atomic E-state index is -0.579. The fourth-order valence-corrected chi connectivity index (χ4v) is 11.5. The molecular formula is C66H45N. The van der Waals surface area contributed by atoms with Crippen molar-refractivity contribution in [1.82, 2.24) is 0 Å². The van der Waals surface area contributed by atoms with Crippen LogP contribution in [-0.4, -0.2) is 0 Å². The lowest BCUT2D eigenvalue weighted by molar-refractivity contribution is 0.793. The highest BCUT2D eigenvalue weighted by molar-refractivity contribution is 6.01. The third-order valence-corrected chi connectivity index (χ3v) is 14.4. The number of fused-ring (bicyclic) bond motifs is 11. The summed E-state index contributed by atoms with van der Waals surface area (Å²) >= 11 is 0. The van der Waals surface area contributed by atoms with Gasteiger partial charge >= 0.3 is 0 Å². The molecule has 11 aromatic rings. The molecule has 0 N–H and O–H groups in total. The van der Waals surface area contributed by atoms with Crippen LogP contribution < -0.4 is 4.90 Å². The van der Waals surface area contributed by atoms with Gasteiger partial charge in [-0.1, -0.05) is 218 Å². The van der Waals surface area contributed by atoms with Crippen molar-refractivity contribution in [2.75, 3.05) is 4.90 Å². The first-order valence-corrected chi connectivity index (χ1v) is 23.4. The lowest BCUT2D eigenvalue weighted by Crippen LogP contribution is -2.26. The molecule has 2 atom stereocenters. The molecule has 0 radical (unpaired) electrons. The average Bonchev–Trinajstić information content (AvgIpc) is 3.86. The second-order valence-electron chi connectivity index (χ2n) is 18.0. The average molecular weight is 852 g/mol. The molecule has 1 nitrogen and oxygen atoms in total. The number of para-hydroxylation sites is 1. The van der Waals surface area contributed by atoms with Gasteiger partial charge in [-0.25, -0.2) is 0 Å². The SMILES string of the molecule is c1ccc(-c2ccc(C(c3ccccc3)c3cc(N(c4ccccc4)c4ccc(-c5ccccc5)cc4)cc4c3-c3ccccc3C43c4ccccc4-c4cc5ccccc5cc43)cc2)cc1. The van der Waals surface area contributed by atoms with Crippen molar-refractivity contribution >= 4 is 27.8 Å². The van der Waals surface area contributed by atoms with Crippen LogP contribution in [-0.2, 0) is 5.41 Å². The number of anilines is 3. The molecule has 2 unspecified atom stereocenters. The Morgan fingerprint density at radius 1 is 0.284 bits per heavy atom. The monoisotopic (exact) mass is 851 g/mol. The maximum absolute atomic E-state index is 2.54. The highest BCUT2D eigenvalue weighted by Crippen LogP contribution is 2.65. The fraction of sp³-hybridized carbons (Fsp3) is 0.0303. The first kappa shape index (κ1) is 38.9. The van der Waals surface area contributed by atoms with E-state index >= 15 is 0 Å². The summed E-state index contributed by atoms with van der Waals surface area (Å²) < 4.78 is 0. The van der Waals surface area contributed by atoms with Crippen LogP contribution in [0.25, 0.3) is 55.3 Å². The Labute approximate surface area is 392 Å². The molecule has 0 aliphatic heterocycles. The summed E-state index contributed by atoms with van der Waals surface area (Å²) in [6, 6.07) is 99.2. The van der Waals surface area contributed by atoms with E-state index in [0.29, 0.717) is 0 Å². The zero-order chi connectivity index (χ0) is 44.3. The summed E-state index contributed by atoms with van der Waals surface area (Å²) in [6.45, 7) is 0. The van der Waals surface area contributed by atoms with Gasteiger partial charge in [-0.3, -0.25) is 0 Å². The Bertz CT molecular complexity index is 3600. The van der Waals surface area contributed by atoms with E-state index in [2.05, 4.69) is 272 Å². The molecule has 0 fully saturated rings. The van der Waals surface area contributed by atoms with E-state index < -0.39 is 5.41 Å². The first-order chi connectivity index (χ1) is 33.2. The van der Waals surface area contributed by atoms with E-state index in [0.717, 1.165) is 17.1 Å². The van der Waals surface area contributed by atoms with Crippen LogP contribution in [0.2, 0.25) is 0 Å². The first-order valence-electron chi connectivity index (χ1n) is 23.4. The summed E-state index contributed by atoms with van der Waals surface area (Å²) in [4.78, 5) is 2.47. The molecule has 1 heteroatoms. The van der Waals surface area contributed by atoms with Gasteiger partial charge in [0.25, 0.3) is 0 Å². The minimum Gasteiger partial charge on any atom is -0.310 e. The molecule has 0 saturated heterocycles. The molecule has 11 aromatic carbocycles. The summed E-state index contributed by atoms with van der Waals surface area (Å²) in [6.07, 6.45) is 0. The molecule has 0 saturated carbocycles. The highest BCUT2D eigenvalue weighted by Gasteiger charge is 2.53. The maximum atomic E-state index is 2.54. The molecule has 0 aromatic heterocycles. The fourth-order valence-electron chi connectivity index (χ4n) is 11.5. The van der Waals surface area contributed by atoms with E-state index in [1.54, 1.807) is 0 Å². The Morgan fingerprint density at radius 2 is 0.746 bits per heavy atom. The predicted octanol–water partition coefficient (Wildman–Crippen LogP) is 17.2. The largest absolute Gasteiger partial charge is 0.310 e. The minimum absolute atomic E-state index is 0.0891. The van der Waals surface area contributed by atoms with E-state index in [1.807, 2.05) is 0 Å². The van der Waals surface area contributed by atoms with Gasteiger partial charge in [0.15, 0.2) is 0 Å². The van der Waals surface area contributed by atoms with Gasteiger partial charge in [-0.15, -0.1) is 0 Å². The lowest BCUT2D eigenvalue weighted by atomic mass is 9.69. The van der Waals surface area contributed by atoms with Crippen LogP contribution in [0.15, 0.2) is 267 Å². The third-order valence-electron chi connectivity index (χ3n) is 14.4. The van der Waals surface area contributed by atoms with E-state index in [9.17, 15) is 0 Å². The van der Waals surface area contributed by atoms with Crippen LogP contribution in [0, 0.1) is 0 Å². The van der Waals surface area contributed by atoms with Crippen molar-refractivity contribution in [2.45, 2.75) is 11.3 Å². The predicted molar refractivity (Wildman–Crippen MR) is 280 cm³/mol. The number of benzene rings is 11. The van der Waals surface area contributed by atoms with E-state index in [-0.39, 0.29) is 5.92 Å². The van der Waals surface area contributed by atoms with Crippen molar-refractivity contribution in [1.29, 1.82) is 0 Å². The molecule has 2 aliphatic carbocycles. The van der Waals surface area contributed by atoms with Crippen molar-refractivity contribution in [3.05, 3.63) is 306 Å². The molecule has 67 heavy (non-hydrogen) atoms. The lowest BCUT2D eigenvalue weighted by Gasteiger charge is -2.34. The summed E-state index contributed by atoms with van der Waals surface area (Å²) in [5.74, 6) is -0.0891. The molecule has 0 amide bonds. The number of hydrogen-bond acceptors (Lipinski definition) is 1. The maximum Gasteiger partial charge on any atom is 0.0726 e. The summed E-state index contributed by atoms with van der Waals surface area (Å²) in [7, 11) is 0. The molecule has 0 bridgehead atoms. The van der Waals surface area contributed by atoms with Crippen LogP contribution >= 0.6 is 0 Å². The number of nitrogens with zero attached hydrogens (tertiary/aromatic N) is 1. The number of hydrogen-bond donors (Lipinski definition) is 0. The Morgan fingerprint density at radius 3 is 1.39 bits per heavy atom. The van der Waals surface area contributed by atoms with E-state index in [1.165, 1.54) is 94.2 Å². The van der Waals surface area contributed by atoms with Crippen LogP contribution in [0.1, 0.15) is 44.9 Å². The Balaban J connectivity index is 1.14. The molecule has 1 spiro atoms. The zero-order valence-electron chi connectivity index (χ0n) is 36.9. The quantitative estimate of drug-likeness (QED) is 0.138. The van der Waals surface area contributed by atoms with Gasteiger partial charge in [0.05, 0.1) is 5.41 Å². The Kier molecular flexibility index (Phi) is 9.21. The molecule has 314 valence electrons. The van der Waals surface area contributed by atoms with Crippen molar-refractivity contribution in [2.24, 2.45) is 0 Å². The second kappa shape index (κ2) is 15.9. The van der Waals surface area contributed by atoms with Crippen LogP contribution in [0.4, 0.5) is 17.1 Å². The summed E-state index contributed by atoms with van der Waals surface area (Å²) in [5.41, 5.74) is 21.8. The van der Waals surface area contributed by atoms with Crippen LogP contribution in [0.5, 0.6) is 0 Å². The van der Waals surface area contributed by atoms with Gasteiger partial charge in [0.1, 0.15) is 0 Å². The standard InChI is InChI=1S/C66H45N/c1-5-19-45(20-6-1)47-33-35-50(36-34-47)64(49-23-9-3-10-24-49)59-43-55(67(53-27-11-4-12-28-53)54-39-37-48(38-40-54)46-21-7-2-8-22-46)44-63-65(59)57-30-16-18-32-61(57)66(63)60-31-17-15-29-56(60)58-41-51-25-13-14-26-52(51)42-62(58)66/h1-44,64H. The molecular weight excluding hydrogens is 807 g/mol. The van der Waals surface area contributed by atoms with Crippen molar-refractivity contribution < 1.29 is 0 Å². The van der Waals surface area contributed by atoms with Gasteiger partial charge in [-0.05, 0) is 143 Å². The smallest absolute Gasteiger partial charge is 0.0726 e. The van der Waals surface area contributed by atoms with Gasteiger partial charge < -0.3 is 4.90 Å². The second-order valence-corrected chi connectivity index (χ2v) is 18.0. The Hall–Kier alpha value is -8.52. The zero-order valence-corrected chi connectivity index (χ0v) is 36.9. The van der Waals surface area contributed by atoms with Crippen molar-refractivity contribution in [3.8, 4) is 44.5 Å². The van der Waals surface area contributed by atoms with Gasteiger partial charge in [0.2, 0.25) is 0 Å². The van der Waals surface area contributed by atoms with Crippen molar-refractivity contribution in [3.63, 3.8) is 0 Å².